The molecule has 0 saturated carbocycles. The van der Waals surface area contributed by atoms with Gasteiger partial charge in [0.05, 0.1) is 24.2 Å². The lowest BCUT2D eigenvalue weighted by Gasteiger charge is -2.14. The largest absolute Gasteiger partial charge is 0.494 e. The van der Waals surface area contributed by atoms with E-state index in [1.807, 2.05) is 0 Å². The third-order valence-corrected chi connectivity index (χ3v) is 3.74. The molecule has 0 spiro atoms. The Labute approximate surface area is 153 Å². The summed E-state index contributed by atoms with van der Waals surface area (Å²) in [4.78, 5) is 24.0. The van der Waals surface area contributed by atoms with Crippen molar-refractivity contribution in [2.45, 2.75) is 19.4 Å². The second-order valence-corrected chi connectivity index (χ2v) is 5.80. The Morgan fingerprint density at radius 2 is 1.92 bits per heavy atom. The highest BCUT2D eigenvalue weighted by Gasteiger charge is 2.19. The Balaban J connectivity index is 1.93. The van der Waals surface area contributed by atoms with Gasteiger partial charge in [0.1, 0.15) is 5.82 Å². The van der Waals surface area contributed by atoms with Crippen molar-refractivity contribution in [3.8, 4) is 5.75 Å². The van der Waals surface area contributed by atoms with Crippen LogP contribution in [0.15, 0.2) is 36.4 Å². The fraction of sp³-hybridized carbons (Fsp3) is 0.222. The molecule has 5 nitrogen and oxygen atoms in total. The number of carbonyl (C=O) groups excluding carboxylic acids is 2. The lowest BCUT2D eigenvalue weighted by molar-refractivity contribution is -0.152. The zero-order chi connectivity index (χ0) is 19.3. The van der Waals surface area contributed by atoms with Crippen LogP contribution in [-0.4, -0.2) is 25.1 Å². The molecular weight excluding hydrogens is 368 g/mol. The van der Waals surface area contributed by atoms with Gasteiger partial charge in [-0.1, -0.05) is 17.7 Å². The van der Waals surface area contributed by atoms with Crippen LogP contribution < -0.4 is 10.1 Å². The van der Waals surface area contributed by atoms with E-state index in [4.69, 9.17) is 21.1 Å². The highest BCUT2D eigenvalue weighted by atomic mass is 35.5. The van der Waals surface area contributed by atoms with Gasteiger partial charge in [-0.05, 0) is 42.8 Å². The minimum Gasteiger partial charge on any atom is -0.494 e. The fourth-order valence-electron chi connectivity index (χ4n) is 2.10. The summed E-state index contributed by atoms with van der Waals surface area (Å²) in [6, 6.07) is 7.55. The molecular formula is C18H16ClF2NO4. The van der Waals surface area contributed by atoms with Crippen molar-refractivity contribution < 1.29 is 27.8 Å². The molecule has 8 heteroatoms. The first-order valence-corrected chi connectivity index (χ1v) is 7.95. The van der Waals surface area contributed by atoms with Gasteiger partial charge in [-0.3, -0.25) is 9.59 Å². The third-order valence-electron chi connectivity index (χ3n) is 3.43. The summed E-state index contributed by atoms with van der Waals surface area (Å²) in [6.45, 7) is 1.37. The van der Waals surface area contributed by atoms with Crippen LogP contribution in [0.1, 0.15) is 12.5 Å². The molecule has 2 aromatic carbocycles. The summed E-state index contributed by atoms with van der Waals surface area (Å²) in [6.07, 6.45) is -1.33. The number of carbonyl (C=O) groups is 2. The normalized spacial score (nSPS) is 11.6. The van der Waals surface area contributed by atoms with Gasteiger partial charge in [-0.15, -0.1) is 0 Å². The summed E-state index contributed by atoms with van der Waals surface area (Å²) in [5, 5.41) is 2.46. The molecule has 0 aliphatic heterocycles. The van der Waals surface area contributed by atoms with Crippen molar-refractivity contribution in [3.05, 3.63) is 58.6 Å². The summed E-state index contributed by atoms with van der Waals surface area (Å²) in [5.74, 6) is -2.42. The third kappa shape index (κ3) is 5.16. The molecule has 2 aromatic rings. The summed E-state index contributed by atoms with van der Waals surface area (Å²) in [5.41, 5.74) is 0.570. The van der Waals surface area contributed by atoms with Crippen LogP contribution in [0.5, 0.6) is 5.75 Å². The lowest BCUT2D eigenvalue weighted by atomic mass is 10.1. The maximum atomic E-state index is 13.6. The number of halogens is 3. The number of hydrogen-bond donors (Lipinski definition) is 1. The second kappa shape index (κ2) is 8.62. The van der Waals surface area contributed by atoms with Crippen molar-refractivity contribution >= 4 is 29.2 Å². The first-order valence-electron chi connectivity index (χ1n) is 7.58. The maximum absolute atomic E-state index is 13.6. The van der Waals surface area contributed by atoms with Crippen LogP contribution in [0.2, 0.25) is 5.02 Å². The molecule has 0 aromatic heterocycles. The van der Waals surface area contributed by atoms with Crippen molar-refractivity contribution in [2.75, 3.05) is 12.4 Å². The monoisotopic (exact) mass is 383 g/mol. The zero-order valence-corrected chi connectivity index (χ0v) is 14.8. The van der Waals surface area contributed by atoms with Crippen molar-refractivity contribution in [3.63, 3.8) is 0 Å². The molecule has 138 valence electrons. The van der Waals surface area contributed by atoms with Crippen LogP contribution in [0.25, 0.3) is 0 Å². The van der Waals surface area contributed by atoms with Crippen LogP contribution >= 0.6 is 11.6 Å². The van der Waals surface area contributed by atoms with Gasteiger partial charge in [0.25, 0.3) is 5.91 Å². The molecule has 0 bridgehead atoms. The Morgan fingerprint density at radius 3 is 2.54 bits per heavy atom. The van der Waals surface area contributed by atoms with Crippen LogP contribution in [-0.2, 0) is 20.7 Å². The lowest BCUT2D eigenvalue weighted by Crippen LogP contribution is -2.30. The minimum absolute atomic E-state index is 0.0191. The van der Waals surface area contributed by atoms with E-state index in [1.165, 1.54) is 32.2 Å². The van der Waals surface area contributed by atoms with Crippen LogP contribution in [0, 0.1) is 11.6 Å². The van der Waals surface area contributed by atoms with Gasteiger partial charge < -0.3 is 14.8 Å². The van der Waals surface area contributed by atoms with Gasteiger partial charge in [0.2, 0.25) is 0 Å². The SMILES string of the molecule is COc1ccc(CC(=O)O[C@H](C)C(=O)Nc2ccc(F)cc2Cl)cc1F. The highest BCUT2D eigenvalue weighted by Crippen LogP contribution is 2.23. The molecule has 1 atom stereocenters. The number of ether oxygens (including phenoxy) is 2. The number of rotatable bonds is 6. The number of esters is 1. The molecule has 0 unspecified atom stereocenters. The molecule has 0 heterocycles. The number of amides is 1. The van der Waals surface area contributed by atoms with Crippen molar-refractivity contribution in [2.24, 2.45) is 0 Å². The Bertz CT molecular complexity index is 829. The number of benzene rings is 2. The van der Waals surface area contributed by atoms with E-state index in [0.717, 1.165) is 18.2 Å². The number of hydrogen-bond acceptors (Lipinski definition) is 4. The molecule has 1 amide bonds. The number of nitrogens with one attached hydrogen (secondary N) is 1. The molecule has 0 radical (unpaired) electrons. The average Bonchev–Trinajstić information content (AvgIpc) is 2.57. The fourth-order valence-corrected chi connectivity index (χ4v) is 2.32. The Kier molecular flexibility index (Phi) is 6.52. The predicted molar refractivity (Wildman–Crippen MR) is 92.2 cm³/mol. The van der Waals surface area contributed by atoms with E-state index >= 15 is 0 Å². The van der Waals surface area contributed by atoms with E-state index in [9.17, 15) is 18.4 Å². The van der Waals surface area contributed by atoms with Crippen molar-refractivity contribution in [1.29, 1.82) is 0 Å². The average molecular weight is 384 g/mol. The summed E-state index contributed by atoms with van der Waals surface area (Å²) in [7, 11) is 1.33. The van der Waals surface area contributed by atoms with E-state index in [2.05, 4.69) is 5.32 Å². The summed E-state index contributed by atoms with van der Waals surface area (Å²) < 4.78 is 36.4. The smallest absolute Gasteiger partial charge is 0.311 e. The summed E-state index contributed by atoms with van der Waals surface area (Å²) >= 11 is 5.82. The Hall–Kier alpha value is -2.67. The molecule has 0 fully saturated rings. The van der Waals surface area contributed by atoms with Gasteiger partial charge in [0.15, 0.2) is 17.7 Å². The van der Waals surface area contributed by atoms with E-state index in [1.54, 1.807) is 0 Å². The molecule has 1 N–H and O–H groups in total. The second-order valence-electron chi connectivity index (χ2n) is 5.39. The first-order chi connectivity index (χ1) is 12.3. The standard InChI is InChI=1S/C18H16ClF2NO4/c1-10(18(24)22-15-5-4-12(20)9-13(15)19)26-17(23)8-11-3-6-16(25-2)14(21)7-11/h3-7,9-10H,8H2,1-2H3,(H,22,24)/t10-/m1/s1. The number of methoxy groups -OCH3 is 1. The van der Waals surface area contributed by atoms with E-state index < -0.39 is 29.6 Å². The quantitative estimate of drug-likeness (QED) is 0.772. The van der Waals surface area contributed by atoms with Gasteiger partial charge >= 0.3 is 5.97 Å². The van der Waals surface area contributed by atoms with Crippen LogP contribution in [0.3, 0.4) is 0 Å². The van der Waals surface area contributed by atoms with Crippen LogP contribution in [0.4, 0.5) is 14.5 Å². The van der Waals surface area contributed by atoms with E-state index in [-0.39, 0.29) is 22.9 Å². The van der Waals surface area contributed by atoms with E-state index in [0.29, 0.717) is 5.56 Å². The minimum atomic E-state index is -1.12. The molecule has 0 aliphatic rings. The number of anilines is 1. The molecule has 0 saturated heterocycles. The first kappa shape index (κ1) is 19.7. The maximum Gasteiger partial charge on any atom is 0.311 e. The zero-order valence-electron chi connectivity index (χ0n) is 14.0. The highest BCUT2D eigenvalue weighted by molar-refractivity contribution is 6.33. The molecule has 26 heavy (non-hydrogen) atoms. The topological polar surface area (TPSA) is 64.6 Å². The van der Waals surface area contributed by atoms with Gasteiger partial charge in [-0.25, -0.2) is 8.78 Å². The van der Waals surface area contributed by atoms with Gasteiger partial charge in [-0.2, -0.15) is 0 Å². The van der Waals surface area contributed by atoms with Gasteiger partial charge in [0, 0.05) is 0 Å². The van der Waals surface area contributed by atoms with Crippen molar-refractivity contribution in [1.82, 2.24) is 0 Å². The Morgan fingerprint density at radius 1 is 1.19 bits per heavy atom. The predicted octanol–water partition coefficient (Wildman–Crippen LogP) is 3.74. The molecule has 0 aliphatic carbocycles. The molecule has 2 rings (SSSR count).